The monoisotopic (exact) mass is 322 g/mol. The Bertz CT molecular complexity index is 613. The fourth-order valence-corrected chi connectivity index (χ4v) is 2.70. The van der Waals surface area contributed by atoms with Crippen molar-refractivity contribution in [3.63, 3.8) is 0 Å². The van der Waals surface area contributed by atoms with Crippen LogP contribution in [0.25, 0.3) is 0 Å². The molecular weight excluding hydrogens is 304 g/mol. The fourth-order valence-electron chi connectivity index (χ4n) is 2.46. The molecule has 118 valence electrons. The summed E-state index contributed by atoms with van der Waals surface area (Å²) < 4.78 is 5.15. The molecule has 0 saturated heterocycles. The topological polar surface area (TPSA) is 67.4 Å². The van der Waals surface area contributed by atoms with Crippen LogP contribution in [-0.4, -0.2) is 18.6 Å². The standard InChI is InChI=1S/C16H19ClN2O3/c1-3-7-12-13(15(20)22-4-2)14(19-16(21)18-12)10-8-5-6-9-11(10)17/h5-6,8-9,14H,3-4,7H2,1-2H3,(H2,18,19,21). The summed E-state index contributed by atoms with van der Waals surface area (Å²) >= 11 is 6.23. The largest absolute Gasteiger partial charge is 0.463 e. The number of carbonyl (C=O) groups excluding carboxylic acids is 2. The zero-order valence-electron chi connectivity index (χ0n) is 12.6. The number of halogens is 1. The molecule has 0 fully saturated rings. The molecule has 6 heteroatoms. The predicted molar refractivity (Wildman–Crippen MR) is 84.4 cm³/mol. The van der Waals surface area contributed by atoms with Crippen molar-refractivity contribution in [2.75, 3.05) is 6.61 Å². The summed E-state index contributed by atoms with van der Waals surface area (Å²) in [4.78, 5) is 24.3. The molecule has 5 nitrogen and oxygen atoms in total. The highest BCUT2D eigenvalue weighted by Gasteiger charge is 2.34. The summed E-state index contributed by atoms with van der Waals surface area (Å²) in [5.41, 5.74) is 1.68. The maximum atomic E-state index is 12.4. The molecule has 0 saturated carbocycles. The molecule has 22 heavy (non-hydrogen) atoms. The first-order valence-electron chi connectivity index (χ1n) is 7.30. The van der Waals surface area contributed by atoms with E-state index in [1.807, 2.05) is 13.0 Å². The normalized spacial score (nSPS) is 17.8. The van der Waals surface area contributed by atoms with Crippen LogP contribution in [0.2, 0.25) is 5.02 Å². The third-order valence-electron chi connectivity index (χ3n) is 3.37. The van der Waals surface area contributed by atoms with Crippen LogP contribution in [0.1, 0.15) is 38.3 Å². The molecule has 1 unspecified atom stereocenters. The summed E-state index contributed by atoms with van der Waals surface area (Å²) in [5, 5.41) is 5.96. The highest BCUT2D eigenvalue weighted by Crippen LogP contribution is 2.33. The molecule has 0 aromatic heterocycles. The summed E-state index contributed by atoms with van der Waals surface area (Å²) in [7, 11) is 0. The van der Waals surface area contributed by atoms with Crippen LogP contribution in [0.3, 0.4) is 0 Å². The zero-order valence-corrected chi connectivity index (χ0v) is 13.4. The molecule has 1 aliphatic heterocycles. The van der Waals surface area contributed by atoms with E-state index in [1.54, 1.807) is 25.1 Å². The molecule has 0 bridgehead atoms. The predicted octanol–water partition coefficient (Wildman–Crippen LogP) is 3.31. The summed E-state index contributed by atoms with van der Waals surface area (Å²) in [6.07, 6.45) is 1.39. The Hall–Kier alpha value is -2.01. The molecule has 0 aliphatic carbocycles. The lowest BCUT2D eigenvalue weighted by Gasteiger charge is -2.29. The lowest BCUT2D eigenvalue weighted by atomic mass is 9.94. The number of rotatable bonds is 5. The van der Waals surface area contributed by atoms with Gasteiger partial charge in [0.1, 0.15) is 0 Å². The van der Waals surface area contributed by atoms with Crippen molar-refractivity contribution in [1.82, 2.24) is 10.6 Å². The number of allylic oxidation sites excluding steroid dienone is 1. The van der Waals surface area contributed by atoms with Crippen molar-refractivity contribution < 1.29 is 14.3 Å². The SMILES string of the molecule is CCCC1=C(C(=O)OCC)C(c2ccccc2Cl)NC(=O)N1. The van der Waals surface area contributed by atoms with Gasteiger partial charge >= 0.3 is 12.0 Å². The van der Waals surface area contributed by atoms with Gasteiger partial charge in [-0.05, 0) is 25.0 Å². The quantitative estimate of drug-likeness (QED) is 0.817. The maximum Gasteiger partial charge on any atom is 0.338 e. The third-order valence-corrected chi connectivity index (χ3v) is 3.71. The van der Waals surface area contributed by atoms with E-state index in [-0.39, 0.29) is 12.6 Å². The van der Waals surface area contributed by atoms with Crippen molar-refractivity contribution in [2.45, 2.75) is 32.7 Å². The Balaban J connectivity index is 2.52. The van der Waals surface area contributed by atoms with E-state index in [4.69, 9.17) is 16.3 Å². The molecule has 0 radical (unpaired) electrons. The molecular formula is C16H19ClN2O3. The minimum Gasteiger partial charge on any atom is -0.463 e. The maximum absolute atomic E-state index is 12.4. The van der Waals surface area contributed by atoms with Gasteiger partial charge in [-0.1, -0.05) is 43.1 Å². The molecule has 2 amide bonds. The second kappa shape index (κ2) is 7.31. The molecule has 2 N–H and O–H groups in total. The average molecular weight is 323 g/mol. The summed E-state index contributed by atoms with van der Waals surface area (Å²) in [5.74, 6) is -0.441. The number of nitrogens with one attached hydrogen (secondary N) is 2. The van der Waals surface area contributed by atoms with Gasteiger partial charge in [0.05, 0.1) is 18.2 Å². The van der Waals surface area contributed by atoms with Gasteiger partial charge in [0.25, 0.3) is 0 Å². The minimum absolute atomic E-state index is 0.269. The Morgan fingerprint density at radius 3 is 2.68 bits per heavy atom. The number of benzene rings is 1. The molecule has 1 aliphatic rings. The lowest BCUT2D eigenvalue weighted by molar-refractivity contribution is -0.139. The molecule has 1 heterocycles. The van der Waals surface area contributed by atoms with Crippen LogP contribution in [0.4, 0.5) is 4.79 Å². The van der Waals surface area contributed by atoms with E-state index in [9.17, 15) is 9.59 Å². The van der Waals surface area contributed by atoms with Gasteiger partial charge in [-0.3, -0.25) is 0 Å². The van der Waals surface area contributed by atoms with E-state index in [1.165, 1.54) is 0 Å². The third kappa shape index (κ3) is 3.42. The molecule has 1 aromatic rings. The van der Waals surface area contributed by atoms with Crippen molar-refractivity contribution in [3.05, 3.63) is 46.1 Å². The Kier molecular flexibility index (Phi) is 5.44. The van der Waals surface area contributed by atoms with E-state index in [0.29, 0.717) is 28.3 Å². The molecule has 1 aromatic carbocycles. The van der Waals surface area contributed by atoms with Gasteiger partial charge in [-0.2, -0.15) is 0 Å². The van der Waals surface area contributed by atoms with Crippen LogP contribution in [-0.2, 0) is 9.53 Å². The van der Waals surface area contributed by atoms with Gasteiger partial charge in [0.2, 0.25) is 0 Å². The second-order valence-electron chi connectivity index (χ2n) is 4.92. The Labute approximate surface area is 134 Å². The van der Waals surface area contributed by atoms with Crippen molar-refractivity contribution in [3.8, 4) is 0 Å². The van der Waals surface area contributed by atoms with Crippen molar-refractivity contribution in [2.24, 2.45) is 0 Å². The average Bonchev–Trinajstić information content (AvgIpc) is 2.47. The number of carbonyl (C=O) groups is 2. The van der Waals surface area contributed by atoms with Gasteiger partial charge in [-0.15, -0.1) is 0 Å². The number of hydrogen-bond acceptors (Lipinski definition) is 3. The zero-order chi connectivity index (χ0) is 16.1. The van der Waals surface area contributed by atoms with Crippen LogP contribution in [0.15, 0.2) is 35.5 Å². The highest BCUT2D eigenvalue weighted by atomic mass is 35.5. The minimum atomic E-state index is -0.608. The van der Waals surface area contributed by atoms with E-state index in [2.05, 4.69) is 10.6 Å². The number of urea groups is 1. The van der Waals surface area contributed by atoms with Crippen LogP contribution < -0.4 is 10.6 Å². The number of amides is 2. The Morgan fingerprint density at radius 2 is 2.05 bits per heavy atom. The Morgan fingerprint density at radius 1 is 1.32 bits per heavy atom. The first-order valence-corrected chi connectivity index (χ1v) is 7.68. The van der Waals surface area contributed by atoms with Gasteiger partial charge in [0.15, 0.2) is 0 Å². The lowest BCUT2D eigenvalue weighted by Crippen LogP contribution is -2.46. The van der Waals surface area contributed by atoms with Gasteiger partial charge in [0, 0.05) is 10.7 Å². The summed E-state index contributed by atoms with van der Waals surface area (Å²) in [6.45, 7) is 4.00. The smallest absolute Gasteiger partial charge is 0.338 e. The van der Waals surface area contributed by atoms with Crippen molar-refractivity contribution in [1.29, 1.82) is 0 Å². The van der Waals surface area contributed by atoms with Gasteiger partial charge < -0.3 is 15.4 Å². The van der Waals surface area contributed by atoms with Crippen LogP contribution in [0.5, 0.6) is 0 Å². The van der Waals surface area contributed by atoms with Crippen LogP contribution in [0, 0.1) is 0 Å². The van der Waals surface area contributed by atoms with E-state index >= 15 is 0 Å². The van der Waals surface area contributed by atoms with E-state index in [0.717, 1.165) is 6.42 Å². The highest BCUT2D eigenvalue weighted by molar-refractivity contribution is 6.31. The second-order valence-corrected chi connectivity index (χ2v) is 5.32. The number of ether oxygens (including phenoxy) is 1. The van der Waals surface area contributed by atoms with E-state index < -0.39 is 12.0 Å². The van der Waals surface area contributed by atoms with Crippen molar-refractivity contribution >= 4 is 23.6 Å². The first kappa shape index (κ1) is 16.4. The van der Waals surface area contributed by atoms with Crippen LogP contribution >= 0.6 is 11.6 Å². The number of hydrogen-bond donors (Lipinski definition) is 2. The summed E-state index contributed by atoms with van der Waals surface area (Å²) in [6, 6.07) is 6.19. The van der Waals surface area contributed by atoms with Gasteiger partial charge in [-0.25, -0.2) is 9.59 Å². The fraction of sp³-hybridized carbons (Fsp3) is 0.375. The first-order chi connectivity index (χ1) is 10.6. The molecule has 0 spiro atoms. The molecule has 2 rings (SSSR count). The molecule has 1 atom stereocenters. The number of esters is 1.